The van der Waals surface area contributed by atoms with Crippen LogP contribution in [-0.4, -0.2) is 13.3 Å². The first-order valence-corrected chi connectivity index (χ1v) is 12.7. The van der Waals surface area contributed by atoms with Gasteiger partial charge in [0.1, 0.15) is 17.3 Å². The van der Waals surface area contributed by atoms with E-state index in [9.17, 15) is 47.6 Å². The molecule has 0 saturated carbocycles. The number of ether oxygens (including phenoxy) is 1. The summed E-state index contributed by atoms with van der Waals surface area (Å²) < 4.78 is 165. The Morgan fingerprint density at radius 1 is 0.844 bits per heavy atom. The molecule has 0 unspecified atom stereocenters. The molecule has 15 heteroatoms. The van der Waals surface area contributed by atoms with Gasteiger partial charge in [0.25, 0.3) is 0 Å². The summed E-state index contributed by atoms with van der Waals surface area (Å²) in [5.74, 6) is -3.27. The number of aryl methyl sites for hydroxylation is 1. The second-order valence-electron chi connectivity index (χ2n) is 6.76. The van der Waals surface area contributed by atoms with Gasteiger partial charge in [-0.05, 0) is 50.3 Å². The van der Waals surface area contributed by atoms with Crippen molar-refractivity contribution in [1.82, 2.24) is 0 Å². The molecule has 1 rings (SSSR count). The Morgan fingerprint density at radius 2 is 1.38 bits per heavy atom. The molecule has 0 amide bonds. The molecule has 0 saturated heterocycles. The van der Waals surface area contributed by atoms with Crippen molar-refractivity contribution in [1.29, 1.82) is 0 Å². The zero-order chi connectivity index (χ0) is 25.2. The molecular formula is C17H20F12OS2. The van der Waals surface area contributed by atoms with E-state index in [0.717, 1.165) is 13.0 Å². The highest BCUT2D eigenvalue weighted by molar-refractivity contribution is 8.48. The molecule has 0 N–H and O–H groups in total. The fourth-order valence-corrected chi connectivity index (χ4v) is 5.65. The molecule has 0 aliphatic carbocycles. The number of alkyl halides is 1. The van der Waals surface area contributed by atoms with E-state index >= 15 is 0 Å². The molecule has 0 bridgehead atoms. The van der Waals surface area contributed by atoms with Gasteiger partial charge in [0.05, 0.1) is 12.5 Å². The summed E-state index contributed by atoms with van der Waals surface area (Å²) in [5, 5.41) is 0. The van der Waals surface area contributed by atoms with Crippen LogP contribution < -0.4 is 4.74 Å². The van der Waals surface area contributed by atoms with Crippen molar-refractivity contribution in [2.75, 3.05) is 13.3 Å². The largest absolute Gasteiger partial charge is 0.488 e. The van der Waals surface area contributed by atoms with Crippen molar-refractivity contribution < 1.29 is 52.4 Å². The minimum absolute atomic E-state index is 0.0421. The maximum absolute atomic E-state index is 13.6. The van der Waals surface area contributed by atoms with Crippen LogP contribution in [0.5, 0.6) is 5.75 Å². The van der Waals surface area contributed by atoms with Crippen LogP contribution >= 0.6 is 20.4 Å². The molecule has 1 nitrogen and oxygen atoms in total. The summed E-state index contributed by atoms with van der Waals surface area (Å²) in [6.07, 6.45) is 1.31. The second kappa shape index (κ2) is 7.71. The van der Waals surface area contributed by atoms with E-state index in [4.69, 9.17) is 0 Å². The topological polar surface area (TPSA) is 9.23 Å². The maximum Gasteiger partial charge on any atom is 0.315 e. The lowest BCUT2D eigenvalue weighted by Crippen LogP contribution is -2.19. The van der Waals surface area contributed by atoms with E-state index in [1.807, 2.05) is 0 Å². The van der Waals surface area contributed by atoms with Gasteiger partial charge in [0, 0.05) is 0 Å². The van der Waals surface area contributed by atoms with Crippen LogP contribution in [0.15, 0.2) is 46.0 Å². The van der Waals surface area contributed by atoms with Crippen LogP contribution in [0.25, 0.3) is 0 Å². The smallest absolute Gasteiger partial charge is 0.315 e. The second-order valence-corrected chi connectivity index (χ2v) is 11.5. The summed E-state index contributed by atoms with van der Waals surface area (Å²) >= 11 is 0. The average molecular weight is 532 g/mol. The third kappa shape index (κ3) is 8.71. The first-order valence-electron chi connectivity index (χ1n) is 8.76. The summed E-state index contributed by atoms with van der Waals surface area (Å²) in [6.45, 7) is -1.16. The van der Waals surface area contributed by atoms with Gasteiger partial charge in [-0.3, -0.25) is 4.39 Å². The van der Waals surface area contributed by atoms with Crippen LogP contribution in [0.2, 0.25) is 0 Å². The molecule has 0 fully saturated rings. The van der Waals surface area contributed by atoms with E-state index in [1.165, 1.54) is 6.08 Å². The van der Waals surface area contributed by atoms with E-state index in [-0.39, 0.29) is 25.0 Å². The summed E-state index contributed by atoms with van der Waals surface area (Å²) in [5.41, 5.74) is -1.72. The fourth-order valence-electron chi connectivity index (χ4n) is 2.60. The Hall–Kier alpha value is -1.64. The first-order chi connectivity index (χ1) is 14.0. The van der Waals surface area contributed by atoms with Crippen LogP contribution in [0.3, 0.4) is 0 Å². The lowest BCUT2D eigenvalue weighted by atomic mass is 10.1. The van der Waals surface area contributed by atoms with Crippen LogP contribution in [0.1, 0.15) is 31.7 Å². The van der Waals surface area contributed by atoms with Gasteiger partial charge in [-0.1, -0.05) is 57.1 Å². The predicted octanol–water partition coefficient (Wildman–Crippen LogP) is 10.5. The van der Waals surface area contributed by atoms with Crippen molar-refractivity contribution in [2.24, 2.45) is 0 Å². The molecule has 0 radical (unpaired) electrons. The minimum atomic E-state index is -11.4. The van der Waals surface area contributed by atoms with Crippen molar-refractivity contribution in [3.63, 3.8) is 0 Å². The Morgan fingerprint density at radius 3 is 1.84 bits per heavy atom. The SMILES string of the molecule is C/C(F)=C/COc1ccc(CC/C=C/CCCF)c(S(F)(F)(F)(F)F)c1S(F)(F)(F)(F)F. The standard InChI is InChI=1S/C17H20F12OS2/c1-13(19)10-12-30-15-9-8-14(7-5-3-2-4-6-11-18)16(31(20,21,22,23)24)17(15)32(25,26,27,28)29/h2-3,8-10H,4-7,11-12H2,1H3/b3-2+,13-10-. The fraction of sp³-hybridized carbons (Fsp3) is 0.412. The Labute approximate surface area is 176 Å². The van der Waals surface area contributed by atoms with Gasteiger partial charge in [-0.2, -0.15) is 0 Å². The van der Waals surface area contributed by atoms with E-state index < -0.39 is 73.5 Å². The monoisotopic (exact) mass is 532 g/mol. The van der Waals surface area contributed by atoms with Gasteiger partial charge in [0.2, 0.25) is 0 Å². The van der Waals surface area contributed by atoms with Gasteiger partial charge < -0.3 is 4.74 Å². The Kier molecular flexibility index (Phi) is 6.84. The quantitative estimate of drug-likeness (QED) is 0.157. The summed E-state index contributed by atoms with van der Waals surface area (Å²) in [7, 11) is -22.8. The lowest BCUT2D eigenvalue weighted by molar-refractivity contribution is 0.306. The van der Waals surface area contributed by atoms with Gasteiger partial charge in [0.15, 0.2) is 4.90 Å². The van der Waals surface area contributed by atoms with Gasteiger partial charge >= 0.3 is 20.4 Å². The molecule has 190 valence electrons. The normalized spacial score (nSPS) is 18.1. The number of benzene rings is 1. The van der Waals surface area contributed by atoms with Crippen molar-refractivity contribution in [3.8, 4) is 5.75 Å². The molecule has 32 heavy (non-hydrogen) atoms. The molecule has 0 aliphatic heterocycles. The Bertz CT molecular complexity index is 899. The van der Waals surface area contributed by atoms with E-state index in [0.29, 0.717) is 6.08 Å². The highest BCUT2D eigenvalue weighted by Crippen LogP contribution is 3.10. The van der Waals surface area contributed by atoms with Crippen LogP contribution in [-0.2, 0) is 6.42 Å². The molecule has 1 aromatic rings. The lowest BCUT2D eigenvalue weighted by Gasteiger charge is -2.49. The number of allylic oxidation sites excluding steroid dienone is 3. The molecule has 0 atom stereocenters. The first kappa shape index (κ1) is 28.4. The van der Waals surface area contributed by atoms with Crippen LogP contribution in [0, 0.1) is 0 Å². The predicted molar refractivity (Wildman–Crippen MR) is 102 cm³/mol. The zero-order valence-corrected chi connectivity index (χ0v) is 18.0. The molecule has 0 spiro atoms. The van der Waals surface area contributed by atoms with Crippen molar-refractivity contribution >= 4 is 20.4 Å². The highest BCUT2D eigenvalue weighted by atomic mass is 32.5. The molecule has 0 aliphatic rings. The molecule has 1 aromatic carbocycles. The minimum Gasteiger partial charge on any atom is -0.488 e. The number of rotatable bonds is 11. The van der Waals surface area contributed by atoms with Crippen LogP contribution in [0.4, 0.5) is 47.6 Å². The van der Waals surface area contributed by atoms with E-state index in [2.05, 4.69) is 4.74 Å². The highest BCUT2D eigenvalue weighted by Gasteiger charge is 2.77. The Balaban J connectivity index is 3.79. The molecule has 0 heterocycles. The van der Waals surface area contributed by atoms with Gasteiger partial charge in [-0.25, -0.2) is 4.39 Å². The number of hydrogen-bond acceptors (Lipinski definition) is 1. The van der Waals surface area contributed by atoms with Gasteiger partial charge in [-0.15, -0.1) is 0 Å². The number of unbranched alkanes of at least 4 members (excludes halogenated alkanes) is 1. The maximum atomic E-state index is 13.6. The zero-order valence-electron chi connectivity index (χ0n) is 16.4. The number of hydrogen-bond donors (Lipinski definition) is 0. The third-order valence-electron chi connectivity index (χ3n) is 3.78. The third-order valence-corrected chi connectivity index (χ3v) is 6.33. The summed E-state index contributed by atoms with van der Waals surface area (Å²) in [6, 6.07) is 0.237. The molecule has 0 aromatic heterocycles. The average Bonchev–Trinajstić information content (AvgIpc) is 2.53. The molecular weight excluding hydrogens is 512 g/mol. The van der Waals surface area contributed by atoms with E-state index in [1.54, 1.807) is 0 Å². The van der Waals surface area contributed by atoms with Crippen molar-refractivity contribution in [2.45, 2.75) is 42.4 Å². The summed E-state index contributed by atoms with van der Waals surface area (Å²) in [4.78, 5) is -7.67. The van der Waals surface area contributed by atoms with Crippen molar-refractivity contribution in [3.05, 3.63) is 41.8 Å². The number of halogens is 12.